The van der Waals surface area contributed by atoms with Crippen LogP contribution in [0.3, 0.4) is 0 Å². The van der Waals surface area contributed by atoms with Gasteiger partial charge < -0.3 is 0 Å². The molecule has 0 spiro atoms. The number of benzene rings is 1. The maximum absolute atomic E-state index is 5.03. The molecule has 42 heavy (non-hydrogen) atoms. The molecule has 1 aromatic rings. The van der Waals surface area contributed by atoms with E-state index in [0.29, 0.717) is 11.8 Å². The third-order valence-electron chi connectivity index (χ3n) is 12.7. The highest BCUT2D eigenvalue weighted by atomic mass is 14.7. The second kappa shape index (κ2) is 10.4. The molecule has 228 valence electrons. The SMILES string of the molecule is C=C(CC)C[C@@H]1[C@]2(C)C(=C(C)[C@@]3(C)C(=C)C(C(=C)C)=C(C)C[C@@]13C)C(=C)c1c(C)c(C(C)(C)C)cc(CCC)c1[C@H]2C. The molecule has 3 aliphatic rings. The molecular formula is C42H60. The summed E-state index contributed by atoms with van der Waals surface area (Å²) in [5.74, 6) is 0.768. The molecule has 4 rings (SSSR count). The lowest BCUT2D eigenvalue weighted by Crippen LogP contribution is -2.59. The van der Waals surface area contributed by atoms with E-state index in [1.807, 2.05) is 0 Å². The molecule has 0 radical (unpaired) electrons. The molecule has 0 bridgehead atoms. The van der Waals surface area contributed by atoms with Crippen LogP contribution < -0.4 is 0 Å². The Morgan fingerprint density at radius 2 is 1.62 bits per heavy atom. The number of hydrogen-bond donors (Lipinski definition) is 0. The van der Waals surface area contributed by atoms with Crippen molar-refractivity contribution in [2.75, 3.05) is 0 Å². The van der Waals surface area contributed by atoms with Crippen LogP contribution in [0.5, 0.6) is 0 Å². The van der Waals surface area contributed by atoms with Crippen LogP contribution in [-0.2, 0) is 11.8 Å². The van der Waals surface area contributed by atoms with Gasteiger partial charge in [0.2, 0.25) is 0 Å². The second-order valence-electron chi connectivity index (χ2n) is 16.0. The van der Waals surface area contributed by atoms with Gasteiger partial charge in [0, 0.05) is 10.8 Å². The lowest BCUT2D eigenvalue weighted by atomic mass is 9.35. The zero-order chi connectivity index (χ0) is 31.9. The molecule has 0 amide bonds. The van der Waals surface area contributed by atoms with Crippen molar-refractivity contribution in [1.82, 2.24) is 0 Å². The zero-order valence-corrected chi connectivity index (χ0v) is 29.6. The summed E-state index contributed by atoms with van der Waals surface area (Å²) >= 11 is 0. The third-order valence-corrected chi connectivity index (χ3v) is 12.7. The second-order valence-corrected chi connectivity index (χ2v) is 16.0. The van der Waals surface area contributed by atoms with Crippen molar-refractivity contribution in [1.29, 1.82) is 0 Å². The molecule has 5 atom stereocenters. The van der Waals surface area contributed by atoms with Gasteiger partial charge in [0.05, 0.1) is 0 Å². The first-order valence-electron chi connectivity index (χ1n) is 16.6. The fourth-order valence-electron chi connectivity index (χ4n) is 10.3. The topological polar surface area (TPSA) is 0 Å². The third kappa shape index (κ3) is 4.13. The van der Waals surface area contributed by atoms with E-state index in [9.17, 15) is 0 Å². The molecular weight excluding hydrogens is 504 g/mol. The van der Waals surface area contributed by atoms with Gasteiger partial charge in [-0.05, 0) is 126 Å². The number of rotatable bonds is 6. The minimum absolute atomic E-state index is 0.00901. The first kappa shape index (κ1) is 32.6. The highest BCUT2D eigenvalue weighted by Gasteiger charge is 2.66. The van der Waals surface area contributed by atoms with Crippen LogP contribution >= 0.6 is 0 Å². The Hall–Kier alpha value is -2.34. The molecule has 0 fully saturated rings. The fraction of sp³-hybridized carbons (Fsp3) is 0.571. The summed E-state index contributed by atoms with van der Waals surface area (Å²) in [5, 5.41) is 0. The standard InChI is InChI=1S/C42H60/c1-18-20-32-22-33(39(12,13)14)27(7)36-28(8)38-31(11)42(17)30(10)35(24(3)4)26(6)23-40(42,15)34(21-25(5)19-2)41(38,16)29(9)37(32)36/h22,29,34H,3,5,8,10,18-21,23H2,1-2,4,6-7,9,11-17H3/t29-,34+,40+,41-,42-/m1/s1. The molecule has 3 aliphatic carbocycles. The number of hydrogen-bond acceptors (Lipinski definition) is 0. The molecule has 0 N–H and O–H groups in total. The minimum atomic E-state index is -0.198. The van der Waals surface area contributed by atoms with Crippen LogP contribution in [-0.4, -0.2) is 0 Å². The van der Waals surface area contributed by atoms with Gasteiger partial charge in [-0.2, -0.15) is 0 Å². The maximum Gasteiger partial charge on any atom is 0.0197 e. The van der Waals surface area contributed by atoms with E-state index >= 15 is 0 Å². The van der Waals surface area contributed by atoms with Gasteiger partial charge in [0.15, 0.2) is 0 Å². The summed E-state index contributed by atoms with van der Waals surface area (Å²) in [6.07, 6.45) is 5.37. The summed E-state index contributed by atoms with van der Waals surface area (Å²) in [6, 6.07) is 2.56. The van der Waals surface area contributed by atoms with Crippen molar-refractivity contribution in [2.24, 2.45) is 22.2 Å². The lowest BCUT2D eigenvalue weighted by molar-refractivity contribution is -0.0371. The molecule has 0 nitrogen and oxygen atoms in total. The highest BCUT2D eigenvalue weighted by Crippen LogP contribution is 2.75. The predicted octanol–water partition coefficient (Wildman–Crippen LogP) is 12.5. The minimum Gasteiger partial charge on any atom is -0.0999 e. The Bertz CT molecular complexity index is 1460. The number of fused-ring (bicyclic) bond motifs is 3. The monoisotopic (exact) mass is 564 g/mol. The Morgan fingerprint density at radius 3 is 2.12 bits per heavy atom. The van der Waals surface area contributed by atoms with Crippen molar-refractivity contribution in [3.8, 4) is 0 Å². The van der Waals surface area contributed by atoms with Gasteiger partial charge >= 0.3 is 0 Å². The zero-order valence-electron chi connectivity index (χ0n) is 29.6. The lowest BCUT2D eigenvalue weighted by Gasteiger charge is -2.68. The summed E-state index contributed by atoms with van der Waals surface area (Å²) < 4.78 is 0. The van der Waals surface area contributed by atoms with Crippen molar-refractivity contribution in [3.63, 3.8) is 0 Å². The fourth-order valence-corrected chi connectivity index (χ4v) is 10.3. The average Bonchev–Trinajstić information content (AvgIpc) is 2.87. The van der Waals surface area contributed by atoms with E-state index in [2.05, 4.69) is 109 Å². The van der Waals surface area contributed by atoms with Crippen molar-refractivity contribution >= 4 is 5.57 Å². The molecule has 0 saturated carbocycles. The van der Waals surface area contributed by atoms with Crippen molar-refractivity contribution < 1.29 is 0 Å². The van der Waals surface area contributed by atoms with Gasteiger partial charge in [0.1, 0.15) is 0 Å². The van der Waals surface area contributed by atoms with Gasteiger partial charge in [0.25, 0.3) is 0 Å². The maximum atomic E-state index is 5.03. The van der Waals surface area contributed by atoms with Crippen LogP contribution in [0.2, 0.25) is 0 Å². The average molecular weight is 565 g/mol. The Labute approximate surface area is 259 Å². The predicted molar refractivity (Wildman–Crippen MR) is 187 cm³/mol. The van der Waals surface area contributed by atoms with Crippen LogP contribution in [0.4, 0.5) is 0 Å². The van der Waals surface area contributed by atoms with E-state index < -0.39 is 0 Å². The summed E-state index contributed by atoms with van der Waals surface area (Å²) in [4.78, 5) is 0. The normalized spacial score (nSPS) is 31.2. The Morgan fingerprint density at radius 1 is 1.02 bits per heavy atom. The van der Waals surface area contributed by atoms with Crippen LogP contribution in [0.25, 0.3) is 5.57 Å². The van der Waals surface area contributed by atoms with Gasteiger partial charge in [-0.15, -0.1) is 0 Å². The van der Waals surface area contributed by atoms with E-state index in [1.54, 1.807) is 5.56 Å². The van der Waals surface area contributed by atoms with Crippen LogP contribution in [0.15, 0.2) is 71.4 Å². The Kier molecular flexibility index (Phi) is 8.05. The first-order valence-corrected chi connectivity index (χ1v) is 16.6. The molecule has 1 aromatic carbocycles. The number of allylic oxidation sites excluding steroid dienone is 8. The molecule has 0 heterocycles. The smallest absolute Gasteiger partial charge is 0.0197 e. The quantitative estimate of drug-likeness (QED) is 0.301. The van der Waals surface area contributed by atoms with E-state index in [1.165, 1.54) is 61.3 Å². The molecule has 0 aliphatic heterocycles. The molecule has 0 aromatic heterocycles. The van der Waals surface area contributed by atoms with E-state index in [4.69, 9.17) is 13.2 Å². The first-order chi connectivity index (χ1) is 19.3. The van der Waals surface area contributed by atoms with E-state index in [0.717, 1.165) is 37.7 Å². The van der Waals surface area contributed by atoms with Gasteiger partial charge in [-0.3, -0.25) is 0 Å². The number of aryl methyl sites for hydroxylation is 1. The van der Waals surface area contributed by atoms with Crippen LogP contribution in [0.1, 0.15) is 143 Å². The Balaban J connectivity index is 2.20. The van der Waals surface area contributed by atoms with Crippen molar-refractivity contribution in [2.45, 2.75) is 133 Å². The van der Waals surface area contributed by atoms with Gasteiger partial charge in [-0.25, -0.2) is 0 Å². The van der Waals surface area contributed by atoms with Crippen molar-refractivity contribution in [3.05, 3.63) is 99.2 Å². The molecule has 0 saturated heterocycles. The summed E-state index contributed by atoms with van der Waals surface area (Å²) in [5.41, 5.74) is 17.9. The largest absolute Gasteiger partial charge is 0.0999 e. The molecule has 0 heteroatoms. The summed E-state index contributed by atoms with van der Waals surface area (Å²) in [6.45, 7) is 50.2. The molecule has 0 unspecified atom stereocenters. The van der Waals surface area contributed by atoms with Crippen LogP contribution in [0, 0.1) is 29.1 Å². The van der Waals surface area contributed by atoms with Gasteiger partial charge in [-0.1, -0.05) is 123 Å². The highest BCUT2D eigenvalue weighted by molar-refractivity contribution is 5.88. The summed E-state index contributed by atoms with van der Waals surface area (Å²) in [7, 11) is 0. The van der Waals surface area contributed by atoms with E-state index in [-0.39, 0.29) is 21.7 Å².